The van der Waals surface area contributed by atoms with Gasteiger partial charge in [0, 0.05) is 24.1 Å². The van der Waals surface area contributed by atoms with Crippen molar-refractivity contribution in [3.8, 4) is 6.07 Å². The van der Waals surface area contributed by atoms with Crippen molar-refractivity contribution in [1.29, 1.82) is 5.26 Å². The number of nitriles is 1. The van der Waals surface area contributed by atoms with Gasteiger partial charge in [0.05, 0.1) is 0 Å². The molecule has 6 atom stereocenters. The third kappa shape index (κ3) is 2.89. The van der Waals surface area contributed by atoms with Gasteiger partial charge in [0.15, 0.2) is 0 Å². The van der Waals surface area contributed by atoms with Crippen LogP contribution in [0.4, 0.5) is 0 Å². The molecule has 0 amide bonds. The van der Waals surface area contributed by atoms with Crippen LogP contribution in [0.3, 0.4) is 0 Å². The summed E-state index contributed by atoms with van der Waals surface area (Å²) in [6.07, 6.45) is 9.17. The number of rotatable bonds is 2. The lowest BCUT2D eigenvalue weighted by Gasteiger charge is -2.57. The lowest BCUT2D eigenvalue weighted by Crippen LogP contribution is -2.54. The second kappa shape index (κ2) is 6.54. The Labute approximate surface area is 172 Å². The van der Waals surface area contributed by atoms with Crippen molar-refractivity contribution in [2.75, 3.05) is 0 Å². The molecule has 0 unspecified atom stereocenters. The molecule has 6 nitrogen and oxygen atoms in total. The summed E-state index contributed by atoms with van der Waals surface area (Å²) < 4.78 is 17.4. The standard InChI is InChI=1S/C22H30NO5P/c1-14(24)28-22(13-23)11-8-19-17-5-4-15-12-16(29(25,26)27)6-9-20(15,2)18(17)7-10-21(19,22)3/h4,12,17-19H,5-11H2,1-3H3,(H2,25,26,27)/t17-,18+,19+,20+,21+,22+/m1/s1. The molecule has 0 aromatic carbocycles. The molecular weight excluding hydrogens is 389 g/mol. The summed E-state index contributed by atoms with van der Waals surface area (Å²) in [5.74, 6) is 0.734. The lowest BCUT2D eigenvalue weighted by atomic mass is 9.47. The van der Waals surface area contributed by atoms with Crippen molar-refractivity contribution in [3.63, 3.8) is 0 Å². The van der Waals surface area contributed by atoms with Crippen LogP contribution < -0.4 is 0 Å². The van der Waals surface area contributed by atoms with E-state index in [1.54, 1.807) is 6.08 Å². The molecule has 0 spiro atoms. The quantitative estimate of drug-likeness (QED) is 0.506. The van der Waals surface area contributed by atoms with E-state index in [9.17, 15) is 24.4 Å². The van der Waals surface area contributed by atoms with Crippen molar-refractivity contribution < 1.29 is 23.9 Å². The van der Waals surface area contributed by atoms with Gasteiger partial charge in [-0.05, 0) is 73.3 Å². The molecule has 0 aromatic rings. The molecule has 4 aliphatic carbocycles. The number of allylic oxidation sites excluding steroid dienone is 4. The van der Waals surface area contributed by atoms with Crippen molar-refractivity contribution >= 4 is 13.6 Å². The normalized spacial score (nSPS) is 43.8. The molecule has 0 aliphatic heterocycles. The maximum atomic E-state index is 11.8. The zero-order valence-corrected chi connectivity index (χ0v) is 18.2. The van der Waals surface area contributed by atoms with E-state index in [0.717, 1.165) is 37.7 Å². The summed E-state index contributed by atoms with van der Waals surface area (Å²) in [5, 5.41) is 10.2. The molecule has 0 saturated heterocycles. The number of carbonyl (C=O) groups excluding carboxylic acids is 1. The van der Waals surface area contributed by atoms with E-state index < -0.39 is 19.2 Å². The highest BCUT2D eigenvalue weighted by molar-refractivity contribution is 7.56. The Bertz CT molecular complexity index is 897. The van der Waals surface area contributed by atoms with Crippen LogP contribution in [0.15, 0.2) is 23.0 Å². The Morgan fingerprint density at radius 2 is 1.93 bits per heavy atom. The zero-order valence-electron chi connectivity index (χ0n) is 17.4. The minimum Gasteiger partial charge on any atom is -0.443 e. The van der Waals surface area contributed by atoms with E-state index in [1.807, 2.05) is 0 Å². The Kier molecular flexibility index (Phi) is 4.70. The molecule has 2 saturated carbocycles. The second-order valence-electron chi connectivity index (χ2n) is 9.90. The van der Waals surface area contributed by atoms with E-state index in [0.29, 0.717) is 30.6 Å². The number of ether oxygens (including phenoxy) is 1. The van der Waals surface area contributed by atoms with Gasteiger partial charge >= 0.3 is 13.6 Å². The largest absolute Gasteiger partial charge is 0.443 e. The van der Waals surface area contributed by atoms with Gasteiger partial charge in [-0.3, -0.25) is 9.36 Å². The average molecular weight is 419 g/mol. The molecule has 4 aliphatic rings. The van der Waals surface area contributed by atoms with Crippen molar-refractivity contribution in [1.82, 2.24) is 0 Å². The summed E-state index contributed by atoms with van der Waals surface area (Å²) in [6.45, 7) is 5.75. The first kappa shape index (κ1) is 20.8. The van der Waals surface area contributed by atoms with E-state index in [-0.39, 0.29) is 16.1 Å². The second-order valence-corrected chi connectivity index (χ2v) is 11.6. The fourth-order valence-electron chi connectivity index (χ4n) is 7.16. The van der Waals surface area contributed by atoms with Gasteiger partial charge in [0.2, 0.25) is 5.60 Å². The predicted molar refractivity (Wildman–Crippen MR) is 107 cm³/mol. The third-order valence-electron chi connectivity index (χ3n) is 8.74. The molecule has 0 heterocycles. The average Bonchev–Trinajstić information content (AvgIpc) is 2.92. The first-order chi connectivity index (χ1) is 13.5. The highest BCUT2D eigenvalue weighted by atomic mass is 31.2. The van der Waals surface area contributed by atoms with Crippen LogP contribution >= 0.6 is 7.60 Å². The molecule has 0 radical (unpaired) electrons. The van der Waals surface area contributed by atoms with Crippen molar-refractivity contribution in [3.05, 3.63) is 23.0 Å². The minimum absolute atomic E-state index is 0.0950. The van der Waals surface area contributed by atoms with Crippen molar-refractivity contribution in [2.45, 2.75) is 71.3 Å². The van der Waals surface area contributed by atoms with Gasteiger partial charge in [0.1, 0.15) is 6.07 Å². The van der Waals surface area contributed by atoms with Crippen LogP contribution in [-0.4, -0.2) is 21.4 Å². The fraction of sp³-hybridized carbons (Fsp3) is 0.727. The first-order valence-electron chi connectivity index (χ1n) is 10.5. The molecular formula is C22H30NO5P. The molecule has 0 bridgehead atoms. The summed E-state index contributed by atoms with van der Waals surface area (Å²) in [4.78, 5) is 31.0. The van der Waals surface area contributed by atoms with E-state index in [1.165, 1.54) is 6.92 Å². The zero-order chi connectivity index (χ0) is 21.2. The summed E-state index contributed by atoms with van der Waals surface area (Å²) in [7, 11) is -4.20. The van der Waals surface area contributed by atoms with Gasteiger partial charge in [-0.25, -0.2) is 0 Å². The van der Waals surface area contributed by atoms with Gasteiger partial charge in [-0.2, -0.15) is 5.26 Å². The van der Waals surface area contributed by atoms with Crippen LogP contribution in [0.25, 0.3) is 0 Å². The predicted octanol–water partition coefficient (Wildman–Crippen LogP) is 4.45. The highest BCUT2D eigenvalue weighted by Gasteiger charge is 2.66. The number of esters is 1. The van der Waals surface area contributed by atoms with Crippen LogP contribution in [0.1, 0.15) is 65.7 Å². The third-order valence-corrected chi connectivity index (χ3v) is 9.84. The highest BCUT2D eigenvalue weighted by Crippen LogP contribution is 2.68. The molecule has 7 heteroatoms. The van der Waals surface area contributed by atoms with Gasteiger partial charge in [-0.15, -0.1) is 0 Å². The molecule has 0 aromatic heterocycles. The molecule has 158 valence electrons. The van der Waals surface area contributed by atoms with E-state index in [4.69, 9.17) is 4.74 Å². The molecule has 2 N–H and O–H groups in total. The Balaban J connectivity index is 1.69. The first-order valence-corrected chi connectivity index (χ1v) is 12.2. The SMILES string of the molecule is CC(=O)O[C@]1(C#N)CC[C@H]2[C@@H]3CC=C4C=C(P(=O)(O)O)CC[C@]4(C)[C@H]3CC[C@@]21C. The Hall–Kier alpha value is -1.41. The van der Waals surface area contributed by atoms with Crippen molar-refractivity contribution in [2.24, 2.45) is 28.6 Å². The molecule has 2 fully saturated rings. The van der Waals surface area contributed by atoms with Gasteiger partial charge in [0.25, 0.3) is 0 Å². The maximum absolute atomic E-state index is 11.8. The minimum atomic E-state index is -4.20. The smallest absolute Gasteiger partial charge is 0.352 e. The number of fused-ring (bicyclic) bond motifs is 5. The monoisotopic (exact) mass is 419 g/mol. The van der Waals surface area contributed by atoms with Crippen LogP contribution in [0, 0.1) is 39.9 Å². The number of hydrogen-bond acceptors (Lipinski definition) is 4. The summed E-state index contributed by atoms with van der Waals surface area (Å²) in [6, 6.07) is 2.38. The topological polar surface area (TPSA) is 108 Å². The Morgan fingerprint density at radius 1 is 1.24 bits per heavy atom. The van der Waals surface area contributed by atoms with Crippen LogP contribution in [0.2, 0.25) is 0 Å². The van der Waals surface area contributed by atoms with Crippen LogP contribution in [-0.2, 0) is 14.1 Å². The number of hydrogen-bond donors (Lipinski definition) is 2. The van der Waals surface area contributed by atoms with Crippen LogP contribution in [0.5, 0.6) is 0 Å². The molecule has 29 heavy (non-hydrogen) atoms. The van der Waals surface area contributed by atoms with E-state index in [2.05, 4.69) is 26.0 Å². The van der Waals surface area contributed by atoms with Gasteiger partial charge < -0.3 is 14.5 Å². The number of nitrogens with zero attached hydrogens (tertiary/aromatic N) is 1. The lowest BCUT2D eigenvalue weighted by molar-refractivity contribution is -0.168. The van der Waals surface area contributed by atoms with Gasteiger partial charge in [-0.1, -0.05) is 19.9 Å². The number of carbonyl (C=O) groups is 1. The molecule has 4 rings (SSSR count). The summed E-state index contributed by atoms with van der Waals surface area (Å²) in [5.41, 5.74) is -0.420. The maximum Gasteiger partial charge on any atom is 0.352 e. The summed E-state index contributed by atoms with van der Waals surface area (Å²) >= 11 is 0. The fourth-order valence-corrected chi connectivity index (χ4v) is 7.87. The van der Waals surface area contributed by atoms with E-state index >= 15 is 0 Å². The Morgan fingerprint density at radius 3 is 2.55 bits per heavy atom.